The van der Waals surface area contributed by atoms with Crippen LogP contribution < -0.4 is 11.1 Å². The fourth-order valence-electron chi connectivity index (χ4n) is 1.93. The molecule has 0 saturated carbocycles. The van der Waals surface area contributed by atoms with Crippen molar-refractivity contribution in [2.45, 2.75) is 0 Å². The van der Waals surface area contributed by atoms with Crippen LogP contribution in [0.5, 0.6) is 0 Å². The molecule has 5 heteroatoms. The van der Waals surface area contributed by atoms with Crippen molar-refractivity contribution in [1.82, 2.24) is 9.97 Å². The minimum Gasteiger partial charge on any atom is -0.384 e. The maximum Gasteiger partial charge on any atom is 0.274 e. The fraction of sp³-hybridized carbons (Fsp3) is 0. The lowest BCUT2D eigenvalue weighted by molar-refractivity contribution is 0.102. The highest BCUT2D eigenvalue weighted by molar-refractivity contribution is 6.03. The summed E-state index contributed by atoms with van der Waals surface area (Å²) in [6, 6.07) is 14.3. The predicted molar refractivity (Wildman–Crippen MR) is 78.3 cm³/mol. The minimum absolute atomic E-state index is 0.288. The lowest BCUT2D eigenvalue weighted by atomic mass is 10.2. The van der Waals surface area contributed by atoms with E-state index >= 15 is 0 Å². The first-order valence-electron chi connectivity index (χ1n) is 6.11. The van der Waals surface area contributed by atoms with E-state index in [4.69, 9.17) is 5.73 Å². The summed E-state index contributed by atoms with van der Waals surface area (Å²) in [4.78, 5) is 20.3. The van der Waals surface area contributed by atoms with Crippen LogP contribution >= 0.6 is 0 Å². The average molecular weight is 264 g/mol. The number of benzene rings is 1. The SMILES string of the molecule is Nc1cccc(C(=O)Nc2ccc3ncccc3c2)n1. The van der Waals surface area contributed by atoms with Gasteiger partial charge in [0, 0.05) is 17.3 Å². The first kappa shape index (κ1) is 12.1. The molecular weight excluding hydrogens is 252 g/mol. The number of fused-ring (bicyclic) bond motifs is 1. The molecule has 0 aliphatic heterocycles. The van der Waals surface area contributed by atoms with Gasteiger partial charge in [0.1, 0.15) is 11.5 Å². The quantitative estimate of drug-likeness (QED) is 0.745. The highest BCUT2D eigenvalue weighted by Gasteiger charge is 2.08. The molecule has 0 bridgehead atoms. The van der Waals surface area contributed by atoms with Crippen molar-refractivity contribution in [2.75, 3.05) is 11.1 Å². The summed E-state index contributed by atoms with van der Waals surface area (Å²) < 4.78 is 0. The van der Waals surface area contributed by atoms with Gasteiger partial charge in [0.25, 0.3) is 5.91 Å². The number of pyridine rings is 2. The highest BCUT2D eigenvalue weighted by Crippen LogP contribution is 2.17. The molecule has 20 heavy (non-hydrogen) atoms. The Balaban J connectivity index is 1.87. The maximum atomic E-state index is 12.1. The molecule has 2 heterocycles. The number of nitrogens with zero attached hydrogens (tertiary/aromatic N) is 2. The van der Waals surface area contributed by atoms with Crippen LogP contribution in [0.1, 0.15) is 10.5 Å². The normalized spacial score (nSPS) is 10.4. The van der Waals surface area contributed by atoms with Crippen LogP contribution in [0.25, 0.3) is 10.9 Å². The molecule has 1 amide bonds. The number of nitrogens with two attached hydrogens (primary N) is 1. The van der Waals surface area contributed by atoms with Gasteiger partial charge in [-0.2, -0.15) is 0 Å². The van der Waals surface area contributed by atoms with E-state index in [1.807, 2.05) is 24.3 Å². The average Bonchev–Trinajstić information content (AvgIpc) is 2.47. The summed E-state index contributed by atoms with van der Waals surface area (Å²) in [5.41, 5.74) is 7.43. The topological polar surface area (TPSA) is 80.9 Å². The van der Waals surface area contributed by atoms with E-state index in [1.54, 1.807) is 30.5 Å². The van der Waals surface area contributed by atoms with Crippen LogP contribution in [-0.2, 0) is 0 Å². The number of nitrogens with one attached hydrogen (secondary N) is 1. The molecule has 3 rings (SSSR count). The van der Waals surface area contributed by atoms with Gasteiger partial charge in [-0.3, -0.25) is 9.78 Å². The van der Waals surface area contributed by atoms with Crippen LogP contribution in [0.3, 0.4) is 0 Å². The fourth-order valence-corrected chi connectivity index (χ4v) is 1.93. The van der Waals surface area contributed by atoms with Crippen molar-refractivity contribution < 1.29 is 4.79 Å². The third-order valence-electron chi connectivity index (χ3n) is 2.86. The number of hydrogen-bond donors (Lipinski definition) is 2. The van der Waals surface area contributed by atoms with Crippen molar-refractivity contribution in [2.24, 2.45) is 0 Å². The second kappa shape index (κ2) is 4.97. The molecule has 0 saturated heterocycles. The zero-order valence-corrected chi connectivity index (χ0v) is 10.6. The Morgan fingerprint density at radius 2 is 2.00 bits per heavy atom. The van der Waals surface area contributed by atoms with Crippen molar-refractivity contribution >= 4 is 28.3 Å². The second-order valence-electron chi connectivity index (χ2n) is 4.31. The Morgan fingerprint density at radius 1 is 1.10 bits per heavy atom. The third kappa shape index (κ3) is 2.42. The van der Waals surface area contributed by atoms with Gasteiger partial charge in [-0.1, -0.05) is 12.1 Å². The van der Waals surface area contributed by atoms with E-state index in [0.717, 1.165) is 10.9 Å². The van der Waals surface area contributed by atoms with Crippen molar-refractivity contribution in [3.63, 3.8) is 0 Å². The standard InChI is InChI=1S/C15H12N4O/c16-14-5-1-4-13(19-14)15(20)18-11-6-7-12-10(9-11)3-2-8-17-12/h1-9H,(H2,16,19)(H,18,20). The molecule has 0 radical (unpaired) electrons. The number of aromatic nitrogens is 2. The smallest absolute Gasteiger partial charge is 0.274 e. The summed E-state index contributed by atoms with van der Waals surface area (Å²) in [5, 5.41) is 3.76. The van der Waals surface area contributed by atoms with Crippen LogP contribution in [0.4, 0.5) is 11.5 Å². The number of carbonyl (C=O) groups is 1. The van der Waals surface area contributed by atoms with E-state index in [9.17, 15) is 4.79 Å². The first-order chi connectivity index (χ1) is 9.72. The Hall–Kier alpha value is -2.95. The van der Waals surface area contributed by atoms with Gasteiger partial charge >= 0.3 is 0 Å². The Bertz CT molecular complexity index is 785. The van der Waals surface area contributed by atoms with Gasteiger partial charge in [0.05, 0.1) is 5.52 Å². The van der Waals surface area contributed by atoms with Gasteiger partial charge in [0.2, 0.25) is 0 Å². The molecule has 0 unspecified atom stereocenters. The summed E-state index contributed by atoms with van der Waals surface area (Å²) in [5.74, 6) is 0.0286. The van der Waals surface area contributed by atoms with Crippen LogP contribution in [0.15, 0.2) is 54.7 Å². The number of carbonyl (C=O) groups excluding carboxylic acids is 1. The molecule has 5 nitrogen and oxygen atoms in total. The zero-order valence-electron chi connectivity index (χ0n) is 10.6. The molecule has 2 aromatic heterocycles. The zero-order chi connectivity index (χ0) is 13.9. The number of rotatable bonds is 2. The van der Waals surface area contributed by atoms with Gasteiger partial charge in [-0.25, -0.2) is 4.98 Å². The maximum absolute atomic E-state index is 12.1. The van der Waals surface area contributed by atoms with Gasteiger partial charge < -0.3 is 11.1 Å². The van der Waals surface area contributed by atoms with E-state index in [-0.39, 0.29) is 11.6 Å². The van der Waals surface area contributed by atoms with Crippen molar-refractivity contribution in [3.05, 3.63) is 60.4 Å². The van der Waals surface area contributed by atoms with Crippen LogP contribution in [0, 0.1) is 0 Å². The largest absolute Gasteiger partial charge is 0.384 e. The molecule has 3 N–H and O–H groups in total. The molecule has 1 aromatic carbocycles. The molecule has 0 fully saturated rings. The molecular formula is C15H12N4O. The highest BCUT2D eigenvalue weighted by atomic mass is 16.1. The van der Waals surface area contributed by atoms with Crippen molar-refractivity contribution in [1.29, 1.82) is 0 Å². The lowest BCUT2D eigenvalue weighted by Crippen LogP contribution is -2.14. The monoisotopic (exact) mass is 264 g/mol. The summed E-state index contributed by atoms with van der Waals surface area (Å²) in [6.07, 6.45) is 1.73. The molecule has 0 spiro atoms. The molecule has 3 aromatic rings. The third-order valence-corrected chi connectivity index (χ3v) is 2.86. The molecule has 98 valence electrons. The molecule has 0 aliphatic rings. The Morgan fingerprint density at radius 3 is 2.85 bits per heavy atom. The number of anilines is 2. The Kier molecular flexibility index (Phi) is 3.01. The summed E-state index contributed by atoms with van der Waals surface area (Å²) in [7, 11) is 0. The van der Waals surface area contributed by atoms with Crippen molar-refractivity contribution in [3.8, 4) is 0 Å². The number of hydrogen-bond acceptors (Lipinski definition) is 4. The van der Waals surface area contributed by atoms with E-state index in [2.05, 4.69) is 15.3 Å². The van der Waals surface area contributed by atoms with E-state index in [0.29, 0.717) is 11.5 Å². The first-order valence-corrected chi connectivity index (χ1v) is 6.11. The predicted octanol–water partition coefficient (Wildman–Crippen LogP) is 2.46. The van der Waals surface area contributed by atoms with Gasteiger partial charge in [-0.15, -0.1) is 0 Å². The Labute approximate surface area is 115 Å². The van der Waals surface area contributed by atoms with Gasteiger partial charge in [-0.05, 0) is 36.4 Å². The molecule has 0 aliphatic carbocycles. The van der Waals surface area contributed by atoms with E-state index < -0.39 is 0 Å². The summed E-state index contributed by atoms with van der Waals surface area (Å²) in [6.45, 7) is 0. The van der Waals surface area contributed by atoms with E-state index in [1.165, 1.54) is 0 Å². The van der Waals surface area contributed by atoms with Gasteiger partial charge in [0.15, 0.2) is 0 Å². The number of nitrogen functional groups attached to an aromatic ring is 1. The minimum atomic E-state index is -0.291. The van der Waals surface area contributed by atoms with Crippen LogP contribution in [0.2, 0.25) is 0 Å². The number of amides is 1. The lowest BCUT2D eigenvalue weighted by Gasteiger charge is -2.06. The second-order valence-corrected chi connectivity index (χ2v) is 4.31. The molecule has 0 atom stereocenters. The van der Waals surface area contributed by atoms with Crippen LogP contribution in [-0.4, -0.2) is 15.9 Å². The summed E-state index contributed by atoms with van der Waals surface area (Å²) >= 11 is 0.